The van der Waals surface area contributed by atoms with Gasteiger partial charge >= 0.3 is 0 Å². The van der Waals surface area contributed by atoms with Crippen LogP contribution in [0.15, 0.2) is 24.3 Å². The monoisotopic (exact) mass is 372 g/mol. The van der Waals surface area contributed by atoms with Gasteiger partial charge in [0.2, 0.25) is 11.8 Å². The van der Waals surface area contributed by atoms with Crippen molar-refractivity contribution in [1.82, 2.24) is 19.8 Å². The van der Waals surface area contributed by atoms with E-state index in [2.05, 4.69) is 19.2 Å². The zero-order chi connectivity index (χ0) is 19.8. The highest BCUT2D eigenvalue weighted by Crippen LogP contribution is 2.21. The van der Waals surface area contributed by atoms with E-state index >= 15 is 0 Å². The Kier molecular flexibility index (Phi) is 7.82. The van der Waals surface area contributed by atoms with Gasteiger partial charge in [-0.05, 0) is 38.3 Å². The number of amides is 2. The minimum atomic E-state index is -0.255. The van der Waals surface area contributed by atoms with Crippen LogP contribution >= 0.6 is 0 Å². The fourth-order valence-corrected chi connectivity index (χ4v) is 3.33. The normalized spacial score (nSPS) is 12.1. The lowest BCUT2D eigenvalue weighted by molar-refractivity contribution is -0.131. The van der Waals surface area contributed by atoms with Crippen LogP contribution in [0.2, 0.25) is 0 Å². The molecule has 1 aromatic carbocycles. The molecule has 1 unspecified atom stereocenters. The van der Waals surface area contributed by atoms with Gasteiger partial charge in [0.05, 0.1) is 17.1 Å². The summed E-state index contributed by atoms with van der Waals surface area (Å²) in [5.74, 6) is 0.825. The van der Waals surface area contributed by atoms with Gasteiger partial charge in [-0.15, -0.1) is 0 Å². The van der Waals surface area contributed by atoms with Gasteiger partial charge in [0.25, 0.3) is 0 Å². The summed E-state index contributed by atoms with van der Waals surface area (Å²) in [5.41, 5.74) is 1.76. The largest absolute Gasteiger partial charge is 0.346 e. The van der Waals surface area contributed by atoms with Crippen molar-refractivity contribution < 1.29 is 9.59 Å². The van der Waals surface area contributed by atoms with Crippen molar-refractivity contribution in [3.8, 4) is 0 Å². The molecule has 6 nitrogen and oxygen atoms in total. The first kappa shape index (κ1) is 20.9. The number of rotatable bonds is 10. The van der Waals surface area contributed by atoms with E-state index in [1.165, 1.54) is 0 Å². The SMILES string of the molecule is CCCC(=O)NC(C)c1nc2ccccc2n1CC(=O)N(CCC)CCC. The van der Waals surface area contributed by atoms with Crippen LogP contribution in [0.25, 0.3) is 11.0 Å². The lowest BCUT2D eigenvalue weighted by Gasteiger charge is -2.23. The molecule has 2 aromatic rings. The van der Waals surface area contributed by atoms with Gasteiger partial charge in [-0.25, -0.2) is 4.98 Å². The molecule has 6 heteroatoms. The van der Waals surface area contributed by atoms with Crippen molar-refractivity contribution in [3.05, 3.63) is 30.1 Å². The molecule has 0 saturated carbocycles. The molecule has 1 atom stereocenters. The number of hydrogen-bond donors (Lipinski definition) is 1. The average molecular weight is 373 g/mol. The van der Waals surface area contributed by atoms with E-state index in [0.29, 0.717) is 6.42 Å². The quantitative estimate of drug-likeness (QED) is 0.692. The van der Waals surface area contributed by atoms with Gasteiger partial charge in [-0.2, -0.15) is 0 Å². The topological polar surface area (TPSA) is 67.2 Å². The van der Waals surface area contributed by atoms with Gasteiger partial charge in [0, 0.05) is 19.5 Å². The number of carbonyl (C=O) groups excluding carboxylic acids is 2. The Morgan fingerprint density at radius 3 is 2.41 bits per heavy atom. The number of benzene rings is 1. The van der Waals surface area contributed by atoms with E-state index in [4.69, 9.17) is 4.98 Å². The van der Waals surface area contributed by atoms with E-state index in [1.54, 1.807) is 0 Å². The highest BCUT2D eigenvalue weighted by Gasteiger charge is 2.21. The number of nitrogens with zero attached hydrogens (tertiary/aromatic N) is 3. The maximum absolute atomic E-state index is 12.9. The predicted molar refractivity (Wildman–Crippen MR) is 108 cm³/mol. The molecule has 148 valence electrons. The molecule has 0 saturated heterocycles. The molecule has 1 aromatic heterocycles. The molecule has 2 rings (SSSR count). The summed E-state index contributed by atoms with van der Waals surface area (Å²) in [6.45, 7) is 9.83. The van der Waals surface area contributed by atoms with Crippen molar-refractivity contribution in [2.75, 3.05) is 13.1 Å². The average Bonchev–Trinajstić information content (AvgIpc) is 3.00. The third-order valence-electron chi connectivity index (χ3n) is 4.56. The third kappa shape index (κ3) is 5.31. The van der Waals surface area contributed by atoms with Crippen molar-refractivity contribution in [2.24, 2.45) is 0 Å². The summed E-state index contributed by atoms with van der Waals surface area (Å²) in [7, 11) is 0. The van der Waals surface area contributed by atoms with Gasteiger partial charge in [0.1, 0.15) is 12.4 Å². The van der Waals surface area contributed by atoms with E-state index in [9.17, 15) is 9.59 Å². The molecular formula is C21H32N4O2. The maximum Gasteiger partial charge on any atom is 0.242 e. The van der Waals surface area contributed by atoms with Crippen LogP contribution in [0.3, 0.4) is 0 Å². The zero-order valence-electron chi connectivity index (χ0n) is 17.0. The van der Waals surface area contributed by atoms with E-state index < -0.39 is 0 Å². The summed E-state index contributed by atoms with van der Waals surface area (Å²) in [6, 6.07) is 7.55. The van der Waals surface area contributed by atoms with Crippen molar-refractivity contribution >= 4 is 22.8 Å². The van der Waals surface area contributed by atoms with E-state index in [1.807, 2.05) is 47.6 Å². The highest BCUT2D eigenvalue weighted by molar-refractivity contribution is 5.81. The Bertz CT molecular complexity index is 763. The summed E-state index contributed by atoms with van der Waals surface area (Å²) in [6.07, 6.45) is 3.17. The van der Waals surface area contributed by atoms with Gasteiger partial charge in [-0.1, -0.05) is 32.9 Å². The minimum Gasteiger partial charge on any atom is -0.346 e. The molecule has 0 aliphatic heterocycles. The van der Waals surface area contributed by atoms with Gasteiger partial charge < -0.3 is 14.8 Å². The smallest absolute Gasteiger partial charge is 0.242 e. The Morgan fingerprint density at radius 1 is 1.11 bits per heavy atom. The van der Waals surface area contributed by atoms with Crippen LogP contribution in [0.5, 0.6) is 0 Å². The van der Waals surface area contributed by atoms with Crippen molar-refractivity contribution in [1.29, 1.82) is 0 Å². The first-order valence-electron chi connectivity index (χ1n) is 10.0. The lowest BCUT2D eigenvalue weighted by Crippen LogP contribution is -2.36. The molecule has 0 aliphatic rings. The number of imidazole rings is 1. The summed E-state index contributed by atoms with van der Waals surface area (Å²) >= 11 is 0. The van der Waals surface area contributed by atoms with Crippen molar-refractivity contribution in [3.63, 3.8) is 0 Å². The second-order valence-corrected chi connectivity index (χ2v) is 6.96. The number of aromatic nitrogens is 2. The van der Waals surface area contributed by atoms with Gasteiger partial charge in [0.15, 0.2) is 0 Å². The molecule has 0 bridgehead atoms. The fraction of sp³-hybridized carbons (Fsp3) is 0.571. The second-order valence-electron chi connectivity index (χ2n) is 6.96. The van der Waals surface area contributed by atoms with Crippen LogP contribution in [0.4, 0.5) is 0 Å². The maximum atomic E-state index is 12.9. The van der Waals surface area contributed by atoms with Crippen molar-refractivity contribution in [2.45, 2.75) is 66.0 Å². The molecule has 1 heterocycles. The van der Waals surface area contributed by atoms with Crippen LogP contribution in [-0.4, -0.2) is 39.4 Å². The van der Waals surface area contributed by atoms with Gasteiger partial charge in [-0.3, -0.25) is 9.59 Å². The highest BCUT2D eigenvalue weighted by atomic mass is 16.2. The molecule has 27 heavy (non-hydrogen) atoms. The standard InChI is InChI=1S/C21H32N4O2/c1-5-10-19(26)22-16(4)21-23-17-11-8-9-12-18(17)25(21)15-20(27)24(13-6-2)14-7-3/h8-9,11-12,16H,5-7,10,13-15H2,1-4H3,(H,22,26). The van der Waals surface area contributed by atoms with E-state index in [0.717, 1.165) is 49.2 Å². The molecule has 0 radical (unpaired) electrons. The minimum absolute atomic E-state index is 0.00789. The molecule has 0 fully saturated rings. The predicted octanol–water partition coefficient (Wildman–Crippen LogP) is 3.66. The Balaban J connectivity index is 2.33. The Labute approximate surface area is 161 Å². The fourth-order valence-electron chi connectivity index (χ4n) is 3.33. The first-order chi connectivity index (χ1) is 13.0. The summed E-state index contributed by atoms with van der Waals surface area (Å²) in [5, 5.41) is 3.00. The molecule has 2 amide bonds. The number of hydrogen-bond acceptors (Lipinski definition) is 3. The zero-order valence-corrected chi connectivity index (χ0v) is 17.0. The molecular weight excluding hydrogens is 340 g/mol. The first-order valence-corrected chi connectivity index (χ1v) is 10.0. The van der Waals surface area contributed by atoms with E-state index in [-0.39, 0.29) is 24.4 Å². The molecule has 1 N–H and O–H groups in total. The van der Waals surface area contributed by atoms with Crippen LogP contribution in [-0.2, 0) is 16.1 Å². The molecule has 0 aliphatic carbocycles. The van der Waals surface area contributed by atoms with Crippen LogP contribution in [0, 0.1) is 0 Å². The second kappa shape index (κ2) is 10.1. The number of nitrogens with one attached hydrogen (secondary N) is 1. The number of carbonyl (C=O) groups is 2. The summed E-state index contributed by atoms with van der Waals surface area (Å²) < 4.78 is 1.95. The molecule has 0 spiro atoms. The third-order valence-corrected chi connectivity index (χ3v) is 4.56. The van der Waals surface area contributed by atoms with Crippen LogP contribution in [0.1, 0.15) is 65.2 Å². The number of para-hydroxylation sites is 2. The Hall–Kier alpha value is -2.37. The van der Waals surface area contributed by atoms with Crippen LogP contribution < -0.4 is 5.32 Å². The summed E-state index contributed by atoms with van der Waals surface area (Å²) in [4.78, 5) is 31.6. The Morgan fingerprint density at radius 2 is 1.78 bits per heavy atom. The lowest BCUT2D eigenvalue weighted by atomic mass is 10.2. The number of fused-ring (bicyclic) bond motifs is 1.